The molecule has 0 spiro atoms. The van der Waals surface area contributed by atoms with Crippen LogP contribution < -0.4 is 0 Å². The predicted octanol–water partition coefficient (Wildman–Crippen LogP) is 2.99. The maximum atomic E-state index is 12.7. The molecule has 2 aromatic carbocycles. The number of fused-ring (bicyclic) bond motifs is 3. The van der Waals surface area contributed by atoms with Crippen molar-refractivity contribution in [3.63, 3.8) is 0 Å². The second kappa shape index (κ2) is 4.53. The lowest BCUT2D eigenvalue weighted by Crippen LogP contribution is -2.36. The molecule has 1 saturated heterocycles. The Morgan fingerprint density at radius 3 is 2.65 bits per heavy atom. The lowest BCUT2D eigenvalue weighted by Gasteiger charge is -2.19. The van der Waals surface area contributed by atoms with E-state index in [1.54, 1.807) is 16.7 Å². The molecule has 1 amide bonds. The third kappa shape index (κ3) is 1.77. The zero-order chi connectivity index (χ0) is 13.7. The van der Waals surface area contributed by atoms with Crippen molar-refractivity contribution >= 4 is 45.3 Å². The molecule has 2 aliphatic heterocycles. The zero-order valence-corrected chi connectivity index (χ0v) is 12.2. The highest BCUT2D eigenvalue weighted by atomic mass is 32.2. The normalized spacial score (nSPS) is 21.8. The zero-order valence-electron chi connectivity index (χ0n) is 10.5. The molecule has 0 saturated carbocycles. The van der Waals surface area contributed by atoms with Crippen molar-refractivity contribution in [2.45, 2.75) is 10.3 Å². The Kier molecular flexibility index (Phi) is 2.79. The molecule has 2 aromatic rings. The number of benzene rings is 2. The summed E-state index contributed by atoms with van der Waals surface area (Å²) in [5.41, 5.74) is 0.659. The quantitative estimate of drug-likeness (QED) is 0.749. The first-order chi connectivity index (χ1) is 9.74. The summed E-state index contributed by atoms with van der Waals surface area (Å²) in [5.74, 6) is 0.824. The van der Waals surface area contributed by atoms with E-state index in [1.165, 1.54) is 11.8 Å². The third-order valence-electron chi connectivity index (χ3n) is 3.64. The van der Waals surface area contributed by atoms with Crippen molar-refractivity contribution in [1.29, 1.82) is 0 Å². The maximum Gasteiger partial charge on any atom is 0.256 e. The fraction of sp³-hybridized carbons (Fsp3) is 0.200. The van der Waals surface area contributed by atoms with E-state index in [9.17, 15) is 9.59 Å². The van der Waals surface area contributed by atoms with Gasteiger partial charge >= 0.3 is 0 Å². The number of nitrogens with zero attached hydrogens (tertiary/aromatic N) is 1. The number of rotatable bonds is 0. The molecule has 4 rings (SSSR count). The molecule has 0 radical (unpaired) electrons. The molecule has 2 heterocycles. The topological polar surface area (TPSA) is 37.4 Å². The summed E-state index contributed by atoms with van der Waals surface area (Å²) in [6, 6.07) is 11.8. The van der Waals surface area contributed by atoms with Gasteiger partial charge in [0.2, 0.25) is 5.12 Å². The van der Waals surface area contributed by atoms with Crippen LogP contribution in [-0.4, -0.2) is 33.6 Å². The molecule has 5 heteroatoms. The second-order valence-electron chi connectivity index (χ2n) is 4.84. The molecule has 0 N–H and O–H groups in total. The van der Waals surface area contributed by atoms with Crippen molar-refractivity contribution in [1.82, 2.24) is 4.90 Å². The van der Waals surface area contributed by atoms with Gasteiger partial charge < -0.3 is 4.90 Å². The molecule has 100 valence electrons. The van der Waals surface area contributed by atoms with Crippen LogP contribution in [0.5, 0.6) is 0 Å². The average molecular weight is 301 g/mol. The van der Waals surface area contributed by atoms with Crippen molar-refractivity contribution in [2.75, 3.05) is 12.3 Å². The Labute approximate surface area is 124 Å². The van der Waals surface area contributed by atoms with Crippen LogP contribution in [0.1, 0.15) is 10.4 Å². The summed E-state index contributed by atoms with van der Waals surface area (Å²) in [6.45, 7) is 0.659. The number of thioether (sulfide) groups is 2. The van der Waals surface area contributed by atoms with Gasteiger partial charge in [0.25, 0.3) is 5.91 Å². The lowest BCUT2D eigenvalue weighted by atomic mass is 10.1. The van der Waals surface area contributed by atoms with Gasteiger partial charge in [-0.15, -0.1) is 11.8 Å². The highest BCUT2D eigenvalue weighted by Gasteiger charge is 2.39. The summed E-state index contributed by atoms with van der Waals surface area (Å²) < 4.78 is 0. The summed E-state index contributed by atoms with van der Waals surface area (Å²) in [4.78, 5) is 27.4. The predicted molar refractivity (Wildman–Crippen MR) is 82.1 cm³/mol. The number of hydrogen-bond acceptors (Lipinski definition) is 4. The van der Waals surface area contributed by atoms with E-state index in [1.807, 2.05) is 36.4 Å². The average Bonchev–Trinajstić information content (AvgIpc) is 2.92. The van der Waals surface area contributed by atoms with Crippen molar-refractivity contribution in [3.8, 4) is 0 Å². The molecule has 0 unspecified atom stereocenters. The van der Waals surface area contributed by atoms with Gasteiger partial charge in [-0.25, -0.2) is 0 Å². The second-order valence-corrected chi connectivity index (χ2v) is 7.07. The summed E-state index contributed by atoms with van der Waals surface area (Å²) in [5, 5.41) is 1.85. The molecule has 0 aliphatic carbocycles. The summed E-state index contributed by atoms with van der Waals surface area (Å²) in [7, 11) is 0. The Balaban J connectivity index is 1.94. The van der Waals surface area contributed by atoms with Crippen LogP contribution in [0.3, 0.4) is 0 Å². The summed E-state index contributed by atoms with van der Waals surface area (Å²) in [6.07, 6.45) is 0. The lowest BCUT2D eigenvalue weighted by molar-refractivity contribution is -0.112. The van der Waals surface area contributed by atoms with E-state index < -0.39 is 0 Å². The highest BCUT2D eigenvalue weighted by Crippen LogP contribution is 2.39. The minimum atomic E-state index is -0.317. The number of hydrogen-bond donors (Lipinski definition) is 0. The third-order valence-corrected chi connectivity index (χ3v) is 5.98. The van der Waals surface area contributed by atoms with Crippen LogP contribution in [0.15, 0.2) is 41.3 Å². The Hall–Kier alpha value is -1.46. The molecule has 3 nitrogen and oxygen atoms in total. The van der Waals surface area contributed by atoms with Crippen LogP contribution in [0.25, 0.3) is 10.8 Å². The van der Waals surface area contributed by atoms with Gasteiger partial charge in [-0.2, -0.15) is 0 Å². The highest BCUT2D eigenvalue weighted by molar-refractivity contribution is 8.16. The molecule has 20 heavy (non-hydrogen) atoms. The van der Waals surface area contributed by atoms with Crippen LogP contribution in [0.2, 0.25) is 0 Å². The smallest absolute Gasteiger partial charge is 0.256 e. The molecule has 0 bridgehead atoms. The van der Waals surface area contributed by atoms with Crippen molar-refractivity contribution in [3.05, 3.63) is 42.0 Å². The molecular formula is C15H11NO2S2. The molecule has 1 atom stereocenters. The Bertz CT molecular complexity index is 744. The van der Waals surface area contributed by atoms with Gasteiger partial charge in [-0.1, -0.05) is 24.3 Å². The van der Waals surface area contributed by atoms with E-state index in [4.69, 9.17) is 0 Å². The molecular weight excluding hydrogens is 290 g/mol. The van der Waals surface area contributed by atoms with Crippen molar-refractivity contribution in [2.24, 2.45) is 0 Å². The van der Waals surface area contributed by atoms with E-state index >= 15 is 0 Å². The van der Waals surface area contributed by atoms with E-state index in [-0.39, 0.29) is 16.4 Å². The number of carbonyl (C=O) groups excluding carboxylic acids is 2. The van der Waals surface area contributed by atoms with Crippen LogP contribution in [0, 0.1) is 0 Å². The van der Waals surface area contributed by atoms with E-state index in [2.05, 4.69) is 0 Å². The van der Waals surface area contributed by atoms with Crippen LogP contribution in [-0.2, 0) is 4.79 Å². The Morgan fingerprint density at radius 2 is 1.85 bits per heavy atom. The fourth-order valence-corrected chi connectivity index (χ4v) is 4.94. The minimum Gasteiger partial charge on any atom is -0.318 e. The molecule has 1 fully saturated rings. The largest absolute Gasteiger partial charge is 0.318 e. The minimum absolute atomic E-state index is 0.0147. The van der Waals surface area contributed by atoms with Gasteiger partial charge in [0, 0.05) is 17.2 Å². The first kappa shape index (κ1) is 12.3. The van der Waals surface area contributed by atoms with Crippen LogP contribution in [0.4, 0.5) is 0 Å². The van der Waals surface area contributed by atoms with Gasteiger partial charge in [0.1, 0.15) is 5.37 Å². The molecule has 2 aliphatic rings. The van der Waals surface area contributed by atoms with Crippen LogP contribution >= 0.6 is 23.5 Å². The standard InChI is InChI=1S/C15H11NO2S2/c17-13-11-7-9-3-1-2-4-10(9)8-12(11)20-15(18)14-16(13)5-6-19-14/h1-4,7-8,14H,5-6H2/t14-/m1/s1. The monoisotopic (exact) mass is 301 g/mol. The first-order valence-corrected chi connectivity index (χ1v) is 8.27. The number of carbonyl (C=O) groups is 2. The van der Waals surface area contributed by atoms with E-state index in [0.717, 1.165) is 21.4 Å². The van der Waals surface area contributed by atoms with E-state index in [0.29, 0.717) is 12.1 Å². The van der Waals surface area contributed by atoms with Gasteiger partial charge in [-0.3, -0.25) is 9.59 Å². The Morgan fingerprint density at radius 1 is 1.10 bits per heavy atom. The fourth-order valence-electron chi connectivity index (χ4n) is 2.66. The van der Waals surface area contributed by atoms with Gasteiger partial charge in [0.15, 0.2) is 0 Å². The number of amides is 1. The summed E-state index contributed by atoms with van der Waals surface area (Å²) >= 11 is 2.77. The maximum absolute atomic E-state index is 12.7. The van der Waals surface area contributed by atoms with Crippen molar-refractivity contribution < 1.29 is 9.59 Å². The van der Waals surface area contributed by atoms with Gasteiger partial charge in [-0.05, 0) is 34.7 Å². The SMILES string of the molecule is O=C1Sc2cc3ccccc3cc2C(=O)N2CCS[C@H]12. The molecule has 0 aromatic heterocycles. The first-order valence-electron chi connectivity index (χ1n) is 6.41. The van der Waals surface area contributed by atoms with Gasteiger partial charge in [0.05, 0.1) is 5.56 Å².